The molecule has 0 amide bonds. The van der Waals surface area contributed by atoms with Gasteiger partial charge in [-0.1, -0.05) is 0 Å². The van der Waals surface area contributed by atoms with E-state index >= 15 is 0 Å². The number of halogens is 1. The molecule has 88 valence electrons. The number of aldehydes is 1. The fourth-order valence-electron chi connectivity index (χ4n) is 1.63. The largest absolute Gasteiger partial charge is 0.467 e. The monoisotopic (exact) mass is 293 g/mol. The van der Waals surface area contributed by atoms with Crippen LogP contribution < -0.4 is 4.90 Å². The van der Waals surface area contributed by atoms with Crippen molar-refractivity contribution in [2.45, 2.75) is 6.54 Å². The van der Waals surface area contributed by atoms with Crippen LogP contribution in [0.1, 0.15) is 16.1 Å². The maximum atomic E-state index is 10.6. The normalized spacial score (nSPS) is 10.2. The van der Waals surface area contributed by atoms with Crippen molar-refractivity contribution in [3.05, 3.63) is 52.4 Å². The van der Waals surface area contributed by atoms with Crippen LogP contribution in [0.5, 0.6) is 0 Å². The molecule has 0 unspecified atom stereocenters. The summed E-state index contributed by atoms with van der Waals surface area (Å²) in [5.41, 5.74) is 1.68. The van der Waals surface area contributed by atoms with Crippen molar-refractivity contribution in [1.82, 2.24) is 0 Å². The Hall–Kier alpha value is -1.55. The highest BCUT2D eigenvalue weighted by Gasteiger charge is 2.08. The summed E-state index contributed by atoms with van der Waals surface area (Å²) in [5.74, 6) is 0.902. The Morgan fingerprint density at radius 2 is 2.24 bits per heavy atom. The average molecular weight is 294 g/mol. The SMILES string of the molecule is CN(Cc1ccco1)c1ccc(C=O)cc1Br. The van der Waals surface area contributed by atoms with Crippen molar-refractivity contribution in [3.8, 4) is 0 Å². The van der Waals surface area contributed by atoms with E-state index < -0.39 is 0 Å². The Labute approximate surface area is 108 Å². The van der Waals surface area contributed by atoms with Crippen molar-refractivity contribution in [2.75, 3.05) is 11.9 Å². The zero-order valence-corrected chi connectivity index (χ0v) is 11.0. The summed E-state index contributed by atoms with van der Waals surface area (Å²) in [6.45, 7) is 0.687. The lowest BCUT2D eigenvalue weighted by atomic mass is 10.2. The average Bonchev–Trinajstić information content (AvgIpc) is 2.81. The van der Waals surface area contributed by atoms with Gasteiger partial charge in [0.25, 0.3) is 0 Å². The van der Waals surface area contributed by atoms with Crippen LogP contribution in [-0.2, 0) is 6.54 Å². The first-order valence-electron chi connectivity index (χ1n) is 5.19. The number of carbonyl (C=O) groups is 1. The predicted molar refractivity (Wildman–Crippen MR) is 70.3 cm³/mol. The van der Waals surface area contributed by atoms with Crippen LogP contribution in [-0.4, -0.2) is 13.3 Å². The highest BCUT2D eigenvalue weighted by molar-refractivity contribution is 9.10. The second kappa shape index (κ2) is 5.19. The molecule has 2 rings (SSSR count). The number of rotatable bonds is 4. The molecule has 0 saturated carbocycles. The van der Waals surface area contributed by atoms with Crippen LogP contribution in [0.3, 0.4) is 0 Å². The lowest BCUT2D eigenvalue weighted by molar-refractivity contribution is 0.112. The van der Waals surface area contributed by atoms with Crippen LogP contribution in [0.2, 0.25) is 0 Å². The van der Waals surface area contributed by atoms with E-state index in [9.17, 15) is 4.79 Å². The standard InChI is InChI=1S/C13H12BrNO2/c1-15(8-11-3-2-6-17-11)13-5-4-10(9-16)7-12(13)14/h2-7,9H,8H2,1H3. The second-order valence-corrected chi connectivity index (χ2v) is 4.62. The maximum Gasteiger partial charge on any atom is 0.150 e. The van der Waals surface area contributed by atoms with Gasteiger partial charge in [0.05, 0.1) is 18.5 Å². The topological polar surface area (TPSA) is 33.5 Å². The minimum absolute atomic E-state index is 0.659. The van der Waals surface area contributed by atoms with Crippen LogP contribution in [0, 0.1) is 0 Å². The molecule has 3 nitrogen and oxygen atoms in total. The number of hydrogen-bond donors (Lipinski definition) is 0. The molecule has 1 heterocycles. The van der Waals surface area contributed by atoms with Gasteiger partial charge < -0.3 is 9.32 Å². The molecular formula is C13H12BrNO2. The van der Waals surface area contributed by atoms with Crippen molar-refractivity contribution in [2.24, 2.45) is 0 Å². The summed E-state index contributed by atoms with van der Waals surface area (Å²) in [6.07, 6.45) is 2.49. The summed E-state index contributed by atoms with van der Waals surface area (Å²) in [4.78, 5) is 12.7. The molecule has 0 fully saturated rings. The molecule has 0 radical (unpaired) electrons. The number of benzene rings is 1. The van der Waals surface area contributed by atoms with Crippen LogP contribution in [0.4, 0.5) is 5.69 Å². The summed E-state index contributed by atoms with van der Waals surface area (Å²) in [7, 11) is 1.98. The number of furan rings is 1. The first-order chi connectivity index (χ1) is 8.20. The Kier molecular flexibility index (Phi) is 3.64. The lowest BCUT2D eigenvalue weighted by Gasteiger charge is -2.19. The molecule has 4 heteroatoms. The van der Waals surface area contributed by atoms with Gasteiger partial charge in [-0.05, 0) is 46.3 Å². The summed E-state index contributed by atoms with van der Waals surface area (Å²) >= 11 is 3.46. The summed E-state index contributed by atoms with van der Waals surface area (Å²) in [5, 5.41) is 0. The quantitative estimate of drug-likeness (QED) is 0.809. The van der Waals surface area contributed by atoms with E-state index in [1.807, 2.05) is 25.2 Å². The molecule has 0 saturated heterocycles. The van der Waals surface area contributed by atoms with Crippen molar-refractivity contribution in [3.63, 3.8) is 0 Å². The highest BCUT2D eigenvalue weighted by atomic mass is 79.9. The van der Waals surface area contributed by atoms with E-state index in [2.05, 4.69) is 20.8 Å². The number of hydrogen-bond acceptors (Lipinski definition) is 3. The molecule has 0 spiro atoms. The Morgan fingerprint density at radius 3 is 2.82 bits per heavy atom. The molecule has 0 N–H and O–H groups in total. The van der Waals surface area contributed by atoms with Gasteiger partial charge >= 0.3 is 0 Å². The molecule has 17 heavy (non-hydrogen) atoms. The van der Waals surface area contributed by atoms with E-state index in [1.165, 1.54) is 0 Å². The van der Waals surface area contributed by atoms with Gasteiger partial charge in [-0.2, -0.15) is 0 Å². The Morgan fingerprint density at radius 1 is 1.41 bits per heavy atom. The summed E-state index contributed by atoms with van der Waals surface area (Å²) in [6, 6.07) is 9.32. The van der Waals surface area contributed by atoms with Crippen LogP contribution in [0.25, 0.3) is 0 Å². The molecule has 1 aromatic heterocycles. The number of anilines is 1. The van der Waals surface area contributed by atoms with Gasteiger partial charge in [-0.15, -0.1) is 0 Å². The fourth-order valence-corrected chi connectivity index (χ4v) is 2.33. The zero-order valence-electron chi connectivity index (χ0n) is 9.39. The fraction of sp³-hybridized carbons (Fsp3) is 0.154. The first-order valence-corrected chi connectivity index (χ1v) is 5.98. The molecule has 0 aliphatic carbocycles. The third-order valence-corrected chi connectivity index (χ3v) is 3.13. The third kappa shape index (κ3) is 2.77. The van der Waals surface area contributed by atoms with Gasteiger partial charge in [0.1, 0.15) is 12.0 Å². The van der Waals surface area contributed by atoms with Gasteiger partial charge in [0.15, 0.2) is 0 Å². The molecule has 0 aliphatic rings. The van der Waals surface area contributed by atoms with Gasteiger partial charge in [-0.25, -0.2) is 0 Å². The van der Waals surface area contributed by atoms with Crippen molar-refractivity contribution in [1.29, 1.82) is 0 Å². The van der Waals surface area contributed by atoms with E-state index in [0.717, 1.165) is 22.2 Å². The lowest BCUT2D eigenvalue weighted by Crippen LogP contribution is -2.16. The van der Waals surface area contributed by atoms with Gasteiger partial charge in [0, 0.05) is 17.1 Å². The van der Waals surface area contributed by atoms with E-state index in [0.29, 0.717) is 12.1 Å². The number of carbonyl (C=O) groups excluding carboxylic acids is 1. The zero-order chi connectivity index (χ0) is 12.3. The van der Waals surface area contributed by atoms with Gasteiger partial charge in [0.2, 0.25) is 0 Å². The van der Waals surface area contributed by atoms with E-state index in [-0.39, 0.29) is 0 Å². The van der Waals surface area contributed by atoms with Crippen LogP contribution >= 0.6 is 15.9 Å². The summed E-state index contributed by atoms with van der Waals surface area (Å²) < 4.78 is 6.20. The predicted octanol–water partition coefficient (Wildman–Crippen LogP) is 3.49. The minimum atomic E-state index is 0.659. The Balaban J connectivity index is 2.19. The molecule has 1 aromatic carbocycles. The third-order valence-electron chi connectivity index (χ3n) is 2.49. The number of nitrogens with zero attached hydrogens (tertiary/aromatic N) is 1. The molecule has 0 aliphatic heterocycles. The maximum absolute atomic E-state index is 10.6. The van der Waals surface area contributed by atoms with Crippen molar-refractivity contribution < 1.29 is 9.21 Å². The molecule has 0 bridgehead atoms. The molecular weight excluding hydrogens is 282 g/mol. The first kappa shape index (κ1) is 11.9. The van der Waals surface area contributed by atoms with Crippen molar-refractivity contribution >= 4 is 27.9 Å². The smallest absolute Gasteiger partial charge is 0.150 e. The van der Waals surface area contributed by atoms with E-state index in [1.54, 1.807) is 18.4 Å². The highest BCUT2D eigenvalue weighted by Crippen LogP contribution is 2.27. The molecule has 0 atom stereocenters. The second-order valence-electron chi connectivity index (χ2n) is 3.76. The molecule has 2 aromatic rings. The van der Waals surface area contributed by atoms with Crippen LogP contribution in [0.15, 0.2) is 45.5 Å². The minimum Gasteiger partial charge on any atom is -0.467 e. The van der Waals surface area contributed by atoms with E-state index in [4.69, 9.17) is 4.42 Å². The van der Waals surface area contributed by atoms with Gasteiger partial charge in [-0.3, -0.25) is 4.79 Å². The Bertz CT molecular complexity index is 508.